The van der Waals surface area contributed by atoms with Crippen LogP contribution in [0.25, 0.3) is 0 Å². The van der Waals surface area contributed by atoms with Crippen molar-refractivity contribution in [3.05, 3.63) is 35.9 Å². The minimum atomic E-state index is -0.293. The van der Waals surface area contributed by atoms with Crippen LogP contribution in [-0.2, 0) is 19.0 Å². The lowest BCUT2D eigenvalue weighted by Crippen LogP contribution is -2.22. The van der Waals surface area contributed by atoms with Gasteiger partial charge in [0.25, 0.3) is 0 Å². The van der Waals surface area contributed by atoms with Crippen molar-refractivity contribution in [1.82, 2.24) is 0 Å². The highest BCUT2D eigenvalue weighted by Gasteiger charge is 2.31. The molecule has 0 spiro atoms. The molecule has 0 bridgehead atoms. The van der Waals surface area contributed by atoms with Crippen LogP contribution in [-0.4, -0.2) is 31.6 Å². The molecule has 0 aromatic heterocycles. The minimum Gasteiger partial charge on any atom is -0.463 e. The van der Waals surface area contributed by atoms with Crippen LogP contribution in [0.1, 0.15) is 25.3 Å². The molecule has 98 valence electrons. The number of benzene rings is 1. The monoisotopic (exact) mass is 250 g/mol. The molecule has 0 aliphatic carbocycles. The minimum absolute atomic E-state index is 0.161. The Morgan fingerprint density at radius 2 is 2.17 bits per heavy atom. The smallest absolute Gasteiger partial charge is 0.302 e. The molecule has 1 aliphatic rings. The number of carbonyl (C=O) groups excluding carboxylic acids is 1. The van der Waals surface area contributed by atoms with Crippen LogP contribution in [0.2, 0.25) is 0 Å². The lowest BCUT2D eigenvalue weighted by molar-refractivity contribution is -0.145. The van der Waals surface area contributed by atoms with E-state index in [9.17, 15) is 4.79 Å². The van der Waals surface area contributed by atoms with Gasteiger partial charge in [0.05, 0.1) is 6.61 Å². The highest BCUT2D eigenvalue weighted by molar-refractivity contribution is 5.65. The molecule has 0 radical (unpaired) electrons. The van der Waals surface area contributed by atoms with E-state index < -0.39 is 0 Å². The second-order valence-corrected chi connectivity index (χ2v) is 4.46. The van der Waals surface area contributed by atoms with E-state index in [0.717, 1.165) is 0 Å². The summed E-state index contributed by atoms with van der Waals surface area (Å²) < 4.78 is 16.2. The quantitative estimate of drug-likeness (QED) is 0.768. The third kappa shape index (κ3) is 3.31. The summed E-state index contributed by atoms with van der Waals surface area (Å²) in [5.41, 5.74) is 1.18. The zero-order chi connectivity index (χ0) is 13.0. The standard InChI is InChI=1S/C14H18O4/c1-10(12-6-4-3-5-7-12)14-17-9-13(18-14)8-16-11(2)15/h3-7,10,13-14H,8-9H2,1-2H3/t10-,13-,14-/m0/s1. The van der Waals surface area contributed by atoms with Crippen molar-refractivity contribution in [2.45, 2.75) is 32.2 Å². The van der Waals surface area contributed by atoms with Gasteiger partial charge in [-0.3, -0.25) is 4.79 Å². The molecule has 1 aliphatic heterocycles. The first kappa shape index (κ1) is 13.1. The third-order valence-corrected chi connectivity index (χ3v) is 2.98. The maximum absolute atomic E-state index is 10.7. The highest BCUT2D eigenvalue weighted by atomic mass is 16.7. The van der Waals surface area contributed by atoms with E-state index in [1.165, 1.54) is 12.5 Å². The molecule has 1 heterocycles. The Bertz CT molecular complexity index is 390. The van der Waals surface area contributed by atoms with Gasteiger partial charge in [0, 0.05) is 12.8 Å². The Morgan fingerprint density at radius 3 is 2.83 bits per heavy atom. The van der Waals surface area contributed by atoms with Crippen LogP contribution < -0.4 is 0 Å². The van der Waals surface area contributed by atoms with Crippen molar-refractivity contribution in [2.24, 2.45) is 0 Å². The van der Waals surface area contributed by atoms with Crippen molar-refractivity contribution in [1.29, 1.82) is 0 Å². The van der Waals surface area contributed by atoms with Gasteiger partial charge in [-0.2, -0.15) is 0 Å². The van der Waals surface area contributed by atoms with Gasteiger partial charge in [0.1, 0.15) is 12.7 Å². The molecule has 4 heteroatoms. The zero-order valence-electron chi connectivity index (χ0n) is 10.7. The Balaban J connectivity index is 1.87. The van der Waals surface area contributed by atoms with Crippen LogP contribution in [0, 0.1) is 0 Å². The van der Waals surface area contributed by atoms with E-state index in [1.807, 2.05) is 18.2 Å². The summed E-state index contributed by atoms with van der Waals surface area (Å²) in [5, 5.41) is 0. The van der Waals surface area contributed by atoms with Gasteiger partial charge in [-0.1, -0.05) is 37.3 Å². The van der Waals surface area contributed by atoms with Gasteiger partial charge in [-0.05, 0) is 5.56 Å². The van der Waals surface area contributed by atoms with E-state index in [2.05, 4.69) is 19.1 Å². The normalized spacial score (nSPS) is 24.8. The maximum atomic E-state index is 10.7. The van der Waals surface area contributed by atoms with Crippen LogP contribution >= 0.6 is 0 Å². The van der Waals surface area contributed by atoms with E-state index >= 15 is 0 Å². The first-order valence-electron chi connectivity index (χ1n) is 6.12. The molecule has 0 N–H and O–H groups in total. The second-order valence-electron chi connectivity index (χ2n) is 4.46. The SMILES string of the molecule is CC(=O)OC[C@H]1CO[C@H]([C@@H](C)c2ccccc2)O1. The predicted molar refractivity (Wildman–Crippen MR) is 66.1 cm³/mol. The first-order valence-corrected chi connectivity index (χ1v) is 6.12. The molecule has 1 fully saturated rings. The van der Waals surface area contributed by atoms with Gasteiger partial charge < -0.3 is 14.2 Å². The zero-order valence-corrected chi connectivity index (χ0v) is 10.7. The Hall–Kier alpha value is -1.39. The number of ether oxygens (including phenoxy) is 3. The summed E-state index contributed by atoms with van der Waals surface area (Å²) in [6, 6.07) is 10.1. The topological polar surface area (TPSA) is 44.8 Å². The molecule has 2 rings (SSSR count). The number of rotatable bonds is 4. The summed E-state index contributed by atoms with van der Waals surface area (Å²) in [4.78, 5) is 10.7. The number of hydrogen-bond acceptors (Lipinski definition) is 4. The fourth-order valence-corrected chi connectivity index (χ4v) is 1.94. The molecule has 18 heavy (non-hydrogen) atoms. The van der Waals surface area contributed by atoms with Gasteiger partial charge in [-0.15, -0.1) is 0 Å². The summed E-state index contributed by atoms with van der Waals surface area (Å²) in [7, 11) is 0. The molecule has 0 unspecified atom stereocenters. The fourth-order valence-electron chi connectivity index (χ4n) is 1.94. The van der Waals surface area contributed by atoms with Crippen LogP contribution in [0.5, 0.6) is 0 Å². The first-order chi connectivity index (χ1) is 8.66. The molecule has 4 nitrogen and oxygen atoms in total. The summed E-state index contributed by atoms with van der Waals surface area (Å²) in [6.07, 6.45) is -0.432. The number of hydrogen-bond donors (Lipinski definition) is 0. The third-order valence-electron chi connectivity index (χ3n) is 2.98. The molecule has 1 saturated heterocycles. The second kappa shape index (κ2) is 5.98. The summed E-state index contributed by atoms with van der Waals surface area (Å²) >= 11 is 0. The lowest BCUT2D eigenvalue weighted by Gasteiger charge is -2.19. The Kier molecular flexibility index (Phi) is 4.33. The molecule has 0 amide bonds. The van der Waals surface area contributed by atoms with Gasteiger partial charge in [-0.25, -0.2) is 0 Å². The Labute approximate surface area is 107 Å². The van der Waals surface area contributed by atoms with E-state index in [1.54, 1.807) is 0 Å². The van der Waals surface area contributed by atoms with E-state index in [4.69, 9.17) is 14.2 Å². The van der Waals surface area contributed by atoms with Crippen molar-refractivity contribution < 1.29 is 19.0 Å². The number of esters is 1. The van der Waals surface area contributed by atoms with Crippen molar-refractivity contribution in [3.63, 3.8) is 0 Å². The van der Waals surface area contributed by atoms with Crippen LogP contribution in [0.3, 0.4) is 0 Å². The van der Waals surface area contributed by atoms with Gasteiger partial charge >= 0.3 is 5.97 Å². The summed E-state index contributed by atoms with van der Waals surface area (Å²) in [5.74, 6) is -0.133. The van der Waals surface area contributed by atoms with Crippen molar-refractivity contribution >= 4 is 5.97 Å². The molecular formula is C14H18O4. The van der Waals surface area contributed by atoms with Crippen molar-refractivity contribution in [3.8, 4) is 0 Å². The molecule has 1 aromatic rings. The molecule has 1 aromatic carbocycles. The largest absolute Gasteiger partial charge is 0.463 e. The molecule has 3 atom stereocenters. The van der Waals surface area contributed by atoms with Crippen LogP contribution in [0.15, 0.2) is 30.3 Å². The summed E-state index contributed by atoms with van der Waals surface area (Å²) in [6.45, 7) is 4.18. The highest BCUT2D eigenvalue weighted by Crippen LogP contribution is 2.27. The molecule has 0 saturated carbocycles. The van der Waals surface area contributed by atoms with Crippen LogP contribution in [0.4, 0.5) is 0 Å². The predicted octanol–water partition coefficient (Wildman–Crippen LogP) is 2.09. The van der Waals surface area contributed by atoms with Gasteiger partial charge in [0.15, 0.2) is 6.29 Å². The average molecular weight is 250 g/mol. The average Bonchev–Trinajstić information content (AvgIpc) is 2.85. The fraction of sp³-hybridized carbons (Fsp3) is 0.500. The van der Waals surface area contributed by atoms with E-state index in [0.29, 0.717) is 6.61 Å². The maximum Gasteiger partial charge on any atom is 0.302 e. The van der Waals surface area contributed by atoms with Gasteiger partial charge in [0.2, 0.25) is 0 Å². The molecular weight excluding hydrogens is 232 g/mol. The Morgan fingerprint density at radius 1 is 1.44 bits per heavy atom. The van der Waals surface area contributed by atoms with E-state index in [-0.39, 0.29) is 30.9 Å². The number of carbonyl (C=O) groups is 1. The lowest BCUT2D eigenvalue weighted by atomic mass is 10.0. The van der Waals surface area contributed by atoms with Crippen molar-refractivity contribution in [2.75, 3.05) is 13.2 Å².